The van der Waals surface area contributed by atoms with Crippen LogP contribution in [0, 0.1) is 11.6 Å². The smallest absolute Gasteiger partial charge is 0.159 e. The first-order valence-corrected chi connectivity index (χ1v) is 6.95. The Morgan fingerprint density at radius 1 is 0.850 bits per heavy atom. The predicted molar refractivity (Wildman–Crippen MR) is 75.5 cm³/mol. The largest absolute Gasteiger partial charge is 0.298 e. The summed E-state index contributed by atoms with van der Waals surface area (Å²) in [4.78, 5) is 2.34. The zero-order chi connectivity index (χ0) is 13.9. The molecule has 0 aromatic heterocycles. The normalized spacial score (nSPS) is 15.7. The summed E-state index contributed by atoms with van der Waals surface area (Å²) in [6.07, 6.45) is 1.55. The topological polar surface area (TPSA) is 3.24 Å². The molecule has 0 spiro atoms. The second-order valence-electron chi connectivity index (χ2n) is 5.30. The maximum atomic E-state index is 13.3. The van der Waals surface area contributed by atoms with E-state index >= 15 is 0 Å². The lowest BCUT2D eigenvalue weighted by Gasteiger charge is -2.19. The van der Waals surface area contributed by atoms with E-state index in [4.69, 9.17) is 0 Å². The van der Waals surface area contributed by atoms with Crippen molar-refractivity contribution in [3.8, 4) is 0 Å². The molecule has 0 atom stereocenters. The van der Waals surface area contributed by atoms with Crippen LogP contribution in [-0.4, -0.2) is 18.0 Å². The second kappa shape index (κ2) is 5.71. The molecule has 1 aliphatic heterocycles. The fourth-order valence-corrected chi connectivity index (χ4v) is 2.76. The highest BCUT2D eigenvalue weighted by atomic mass is 19.2. The minimum absolute atomic E-state index is 0.736. The van der Waals surface area contributed by atoms with Gasteiger partial charge >= 0.3 is 0 Å². The fraction of sp³-hybridized carbons (Fsp3) is 0.294. The minimum Gasteiger partial charge on any atom is -0.298 e. The molecule has 0 aliphatic carbocycles. The Kier molecular flexibility index (Phi) is 3.79. The Morgan fingerprint density at radius 2 is 1.40 bits per heavy atom. The molecule has 0 bridgehead atoms. The van der Waals surface area contributed by atoms with Crippen molar-refractivity contribution in [2.75, 3.05) is 13.1 Å². The number of fused-ring (bicyclic) bond motifs is 1. The summed E-state index contributed by atoms with van der Waals surface area (Å²) in [5.41, 5.74) is 3.16. The van der Waals surface area contributed by atoms with Crippen molar-refractivity contribution in [2.45, 2.75) is 19.4 Å². The first kappa shape index (κ1) is 13.3. The van der Waals surface area contributed by atoms with Gasteiger partial charge in [0.2, 0.25) is 0 Å². The molecule has 3 rings (SSSR count). The first-order valence-electron chi connectivity index (χ1n) is 6.95. The van der Waals surface area contributed by atoms with Gasteiger partial charge in [-0.05, 0) is 41.7 Å². The van der Waals surface area contributed by atoms with Crippen LogP contribution in [0.25, 0.3) is 0 Å². The van der Waals surface area contributed by atoms with Gasteiger partial charge in [0.15, 0.2) is 11.6 Å². The van der Waals surface area contributed by atoms with E-state index in [1.54, 1.807) is 0 Å². The van der Waals surface area contributed by atoms with Gasteiger partial charge in [-0.1, -0.05) is 30.3 Å². The van der Waals surface area contributed by atoms with Gasteiger partial charge in [-0.25, -0.2) is 8.78 Å². The highest BCUT2D eigenvalue weighted by Gasteiger charge is 2.16. The molecule has 0 fully saturated rings. The highest BCUT2D eigenvalue weighted by Crippen LogP contribution is 2.20. The molecule has 1 nitrogen and oxygen atoms in total. The number of hydrogen-bond donors (Lipinski definition) is 0. The summed E-state index contributed by atoms with van der Waals surface area (Å²) >= 11 is 0. The maximum absolute atomic E-state index is 13.3. The van der Waals surface area contributed by atoms with E-state index in [1.807, 2.05) is 18.2 Å². The summed E-state index contributed by atoms with van der Waals surface area (Å²) < 4.78 is 26.6. The Labute approximate surface area is 117 Å². The van der Waals surface area contributed by atoms with Crippen molar-refractivity contribution in [1.29, 1.82) is 0 Å². The third-order valence-corrected chi connectivity index (χ3v) is 3.89. The van der Waals surface area contributed by atoms with Crippen LogP contribution in [0.15, 0.2) is 42.5 Å². The van der Waals surface area contributed by atoms with E-state index in [2.05, 4.69) is 17.0 Å². The van der Waals surface area contributed by atoms with Gasteiger partial charge in [0.05, 0.1) is 0 Å². The molecule has 1 heterocycles. The van der Waals surface area contributed by atoms with Crippen LogP contribution >= 0.6 is 0 Å². The molecule has 104 valence electrons. The van der Waals surface area contributed by atoms with E-state index < -0.39 is 11.6 Å². The number of hydrogen-bond acceptors (Lipinski definition) is 1. The lowest BCUT2D eigenvalue weighted by atomic mass is 10.0. The summed E-state index contributed by atoms with van der Waals surface area (Å²) in [6.45, 7) is 2.65. The summed E-state index contributed by atoms with van der Waals surface area (Å²) in [5, 5.41) is 0. The molecule has 0 saturated carbocycles. The molecular weight excluding hydrogens is 256 g/mol. The van der Waals surface area contributed by atoms with Crippen LogP contribution in [0.5, 0.6) is 0 Å². The van der Waals surface area contributed by atoms with Gasteiger partial charge in [0.25, 0.3) is 0 Å². The van der Waals surface area contributed by atoms with Gasteiger partial charge in [-0.15, -0.1) is 0 Å². The molecule has 0 unspecified atom stereocenters. The van der Waals surface area contributed by atoms with E-state index in [1.165, 1.54) is 17.7 Å². The Bertz CT molecular complexity index is 562. The number of halogens is 2. The van der Waals surface area contributed by atoms with Crippen molar-refractivity contribution in [2.24, 2.45) is 0 Å². The van der Waals surface area contributed by atoms with Crippen molar-refractivity contribution in [3.63, 3.8) is 0 Å². The standard InChI is InChI=1S/C17H17F2N/c18-16-10-14-6-8-20(9-7-15(14)11-17(16)19)12-13-4-2-1-3-5-13/h1-5,10-11H,6-9,12H2. The van der Waals surface area contributed by atoms with Crippen molar-refractivity contribution < 1.29 is 8.78 Å². The van der Waals surface area contributed by atoms with E-state index in [0.29, 0.717) is 0 Å². The molecule has 0 N–H and O–H groups in total. The van der Waals surface area contributed by atoms with E-state index in [9.17, 15) is 8.78 Å². The SMILES string of the molecule is Fc1cc2c(cc1F)CCN(Cc1ccccc1)CC2. The quantitative estimate of drug-likeness (QED) is 0.808. The maximum Gasteiger partial charge on any atom is 0.159 e. The van der Waals surface area contributed by atoms with Crippen LogP contribution < -0.4 is 0 Å². The molecule has 2 aromatic carbocycles. The number of nitrogens with zero attached hydrogens (tertiary/aromatic N) is 1. The summed E-state index contributed by atoms with van der Waals surface area (Å²) in [7, 11) is 0. The molecule has 0 radical (unpaired) electrons. The van der Waals surface area contributed by atoms with Crippen molar-refractivity contribution in [3.05, 3.63) is 70.8 Å². The van der Waals surface area contributed by atoms with Crippen molar-refractivity contribution in [1.82, 2.24) is 4.90 Å². The van der Waals surface area contributed by atoms with Gasteiger partial charge in [0, 0.05) is 19.6 Å². The fourth-order valence-electron chi connectivity index (χ4n) is 2.76. The molecule has 2 aromatic rings. The number of rotatable bonds is 2. The molecule has 3 heteroatoms. The van der Waals surface area contributed by atoms with E-state index in [0.717, 1.165) is 43.6 Å². The summed E-state index contributed by atoms with van der Waals surface area (Å²) in [6, 6.07) is 13.0. The highest BCUT2D eigenvalue weighted by molar-refractivity contribution is 5.30. The van der Waals surface area contributed by atoms with Crippen LogP contribution in [-0.2, 0) is 19.4 Å². The molecule has 20 heavy (non-hydrogen) atoms. The van der Waals surface area contributed by atoms with Crippen LogP contribution in [0.1, 0.15) is 16.7 Å². The molecular formula is C17H17F2N. The average Bonchev–Trinajstić information content (AvgIpc) is 2.64. The van der Waals surface area contributed by atoms with Crippen LogP contribution in [0.3, 0.4) is 0 Å². The third kappa shape index (κ3) is 2.88. The van der Waals surface area contributed by atoms with Gasteiger partial charge in [-0.3, -0.25) is 4.90 Å². The Hall–Kier alpha value is -1.74. The zero-order valence-electron chi connectivity index (χ0n) is 11.3. The minimum atomic E-state index is -0.736. The van der Waals surface area contributed by atoms with Gasteiger partial charge < -0.3 is 0 Å². The Morgan fingerprint density at radius 3 is 1.95 bits per heavy atom. The van der Waals surface area contributed by atoms with Crippen molar-refractivity contribution >= 4 is 0 Å². The number of benzene rings is 2. The molecule has 0 saturated heterocycles. The first-order chi connectivity index (χ1) is 9.72. The lowest BCUT2D eigenvalue weighted by molar-refractivity contribution is 0.279. The Balaban J connectivity index is 1.73. The van der Waals surface area contributed by atoms with E-state index in [-0.39, 0.29) is 0 Å². The lowest BCUT2D eigenvalue weighted by Crippen LogP contribution is -2.25. The van der Waals surface area contributed by atoms with Crippen LogP contribution in [0.4, 0.5) is 8.78 Å². The summed E-state index contributed by atoms with van der Waals surface area (Å²) in [5.74, 6) is -1.47. The van der Waals surface area contributed by atoms with Gasteiger partial charge in [0.1, 0.15) is 0 Å². The monoisotopic (exact) mass is 273 g/mol. The molecule has 0 amide bonds. The predicted octanol–water partition coefficient (Wildman–Crippen LogP) is 3.57. The third-order valence-electron chi connectivity index (χ3n) is 3.89. The average molecular weight is 273 g/mol. The second-order valence-corrected chi connectivity index (χ2v) is 5.30. The zero-order valence-corrected chi connectivity index (χ0v) is 11.3. The van der Waals surface area contributed by atoms with Gasteiger partial charge in [-0.2, -0.15) is 0 Å². The molecule has 1 aliphatic rings. The van der Waals surface area contributed by atoms with Crippen LogP contribution in [0.2, 0.25) is 0 Å².